The monoisotopic (exact) mass is 355 g/mol. The van der Waals surface area contributed by atoms with Crippen LogP contribution in [0.2, 0.25) is 0 Å². The maximum Gasteiger partial charge on any atom is 0.266 e. The normalized spacial score (nSPS) is 10.4. The fraction of sp³-hybridized carbons (Fsp3) is 0.231. The van der Waals surface area contributed by atoms with E-state index in [1.807, 2.05) is 46.7 Å². The van der Waals surface area contributed by atoms with Crippen molar-refractivity contribution in [1.82, 2.24) is 9.97 Å². The summed E-state index contributed by atoms with van der Waals surface area (Å²) < 4.78 is 0.617. The largest absolute Gasteiger partial charge is 0.354 e. The molecule has 4 nitrogen and oxygen atoms in total. The zero-order valence-corrected chi connectivity index (χ0v) is 12.4. The number of aryl methyl sites for hydroxylation is 1. The highest BCUT2D eigenvalue weighted by molar-refractivity contribution is 14.1. The van der Waals surface area contributed by atoms with Gasteiger partial charge in [0, 0.05) is 13.6 Å². The molecule has 18 heavy (non-hydrogen) atoms. The first kappa shape index (κ1) is 13.1. The fourth-order valence-electron chi connectivity index (χ4n) is 1.76. The Hall–Kier alpha value is -1.37. The van der Waals surface area contributed by atoms with E-state index in [1.165, 1.54) is 17.5 Å². The molecule has 1 N–H and O–H groups in total. The number of nitrogens with one attached hydrogen (secondary N) is 1. The van der Waals surface area contributed by atoms with Crippen LogP contribution in [0, 0.1) is 10.5 Å². The maximum absolute atomic E-state index is 11.5. The minimum atomic E-state index is -0.0998. The predicted molar refractivity (Wildman–Crippen MR) is 80.9 cm³/mol. The van der Waals surface area contributed by atoms with E-state index in [0.29, 0.717) is 9.39 Å². The molecule has 0 amide bonds. The molecule has 0 bridgehead atoms. The summed E-state index contributed by atoms with van der Waals surface area (Å²) in [4.78, 5) is 20.3. The second-order valence-electron chi connectivity index (χ2n) is 4.15. The average Bonchev–Trinajstić information content (AvgIpc) is 2.35. The van der Waals surface area contributed by atoms with Gasteiger partial charge in [-0.1, -0.05) is 24.3 Å². The van der Waals surface area contributed by atoms with Gasteiger partial charge in [0.15, 0.2) is 0 Å². The summed E-state index contributed by atoms with van der Waals surface area (Å²) in [6.45, 7) is 2.82. The summed E-state index contributed by atoms with van der Waals surface area (Å²) in [7, 11) is 1.94. The van der Waals surface area contributed by atoms with Crippen LogP contribution in [0.3, 0.4) is 0 Å². The first-order chi connectivity index (χ1) is 8.59. The van der Waals surface area contributed by atoms with Gasteiger partial charge < -0.3 is 9.88 Å². The van der Waals surface area contributed by atoms with E-state index in [0.717, 1.165) is 6.54 Å². The lowest BCUT2D eigenvalue weighted by atomic mass is 10.1. The Bertz CT molecular complexity index is 609. The summed E-state index contributed by atoms with van der Waals surface area (Å²) in [6, 6.07) is 8.21. The topological polar surface area (TPSA) is 49.0 Å². The lowest BCUT2D eigenvalue weighted by Gasteiger charge is -2.20. The van der Waals surface area contributed by atoms with Crippen LogP contribution in [0.4, 0.5) is 5.82 Å². The van der Waals surface area contributed by atoms with Crippen molar-refractivity contribution in [3.05, 3.63) is 55.6 Å². The smallest absolute Gasteiger partial charge is 0.266 e. The molecule has 1 aromatic carbocycles. The molecule has 0 atom stereocenters. The average molecular weight is 355 g/mol. The molecular weight excluding hydrogens is 341 g/mol. The van der Waals surface area contributed by atoms with Crippen molar-refractivity contribution in [2.75, 3.05) is 11.9 Å². The second kappa shape index (κ2) is 5.51. The number of hydrogen-bond acceptors (Lipinski definition) is 3. The van der Waals surface area contributed by atoms with E-state index in [1.54, 1.807) is 0 Å². The van der Waals surface area contributed by atoms with Gasteiger partial charge in [-0.3, -0.25) is 4.79 Å². The quantitative estimate of drug-likeness (QED) is 0.860. The van der Waals surface area contributed by atoms with E-state index in [2.05, 4.69) is 29.0 Å². The Balaban J connectivity index is 2.28. The van der Waals surface area contributed by atoms with Gasteiger partial charge in [0.05, 0.1) is 6.33 Å². The van der Waals surface area contributed by atoms with Crippen molar-refractivity contribution in [3.63, 3.8) is 0 Å². The number of hydrogen-bond donors (Lipinski definition) is 1. The molecule has 1 aromatic heterocycles. The molecule has 1 heterocycles. The molecule has 0 saturated carbocycles. The number of anilines is 1. The zero-order chi connectivity index (χ0) is 13.1. The van der Waals surface area contributed by atoms with Gasteiger partial charge in [0.2, 0.25) is 0 Å². The van der Waals surface area contributed by atoms with Crippen LogP contribution in [-0.4, -0.2) is 17.0 Å². The van der Waals surface area contributed by atoms with Crippen LogP contribution >= 0.6 is 22.6 Å². The third kappa shape index (κ3) is 2.72. The minimum Gasteiger partial charge on any atom is -0.354 e. The van der Waals surface area contributed by atoms with Gasteiger partial charge in [0.1, 0.15) is 9.39 Å². The van der Waals surface area contributed by atoms with Gasteiger partial charge in [0.25, 0.3) is 5.56 Å². The summed E-state index contributed by atoms with van der Waals surface area (Å²) in [5.74, 6) is 0.711. The van der Waals surface area contributed by atoms with Crippen molar-refractivity contribution < 1.29 is 0 Å². The summed E-state index contributed by atoms with van der Waals surface area (Å²) >= 11 is 2.02. The molecule has 0 unspecified atom stereocenters. The fourth-order valence-corrected chi connectivity index (χ4v) is 2.46. The first-order valence-electron chi connectivity index (χ1n) is 5.58. The molecule has 0 spiro atoms. The van der Waals surface area contributed by atoms with Crippen molar-refractivity contribution >= 4 is 28.4 Å². The number of aromatic amines is 1. The Kier molecular flexibility index (Phi) is 4.00. The molecule has 2 rings (SSSR count). The Morgan fingerprint density at radius 1 is 1.39 bits per heavy atom. The third-order valence-electron chi connectivity index (χ3n) is 2.81. The molecule has 5 heteroatoms. The van der Waals surface area contributed by atoms with Gasteiger partial charge >= 0.3 is 0 Å². The number of halogens is 1. The lowest BCUT2D eigenvalue weighted by Crippen LogP contribution is -2.23. The first-order valence-corrected chi connectivity index (χ1v) is 6.66. The SMILES string of the molecule is Cc1ccccc1CN(C)c1nc[nH]c(=O)c1I. The molecule has 0 aliphatic rings. The van der Waals surface area contributed by atoms with Crippen molar-refractivity contribution in [2.24, 2.45) is 0 Å². The molecule has 0 aliphatic carbocycles. The Morgan fingerprint density at radius 3 is 2.83 bits per heavy atom. The molecule has 94 valence electrons. The van der Waals surface area contributed by atoms with Gasteiger partial charge in [-0.25, -0.2) is 4.98 Å². The minimum absolute atomic E-state index is 0.0998. The van der Waals surface area contributed by atoms with Crippen LogP contribution in [0.25, 0.3) is 0 Å². The summed E-state index contributed by atoms with van der Waals surface area (Å²) in [6.07, 6.45) is 1.44. The molecule has 0 saturated heterocycles. The molecule has 2 aromatic rings. The maximum atomic E-state index is 11.5. The highest BCUT2D eigenvalue weighted by Crippen LogP contribution is 2.17. The van der Waals surface area contributed by atoms with Crippen LogP contribution in [-0.2, 0) is 6.54 Å². The Morgan fingerprint density at radius 2 is 2.11 bits per heavy atom. The van der Waals surface area contributed by atoms with Gasteiger partial charge in [-0.05, 0) is 40.6 Å². The zero-order valence-electron chi connectivity index (χ0n) is 10.3. The summed E-state index contributed by atoms with van der Waals surface area (Å²) in [5.41, 5.74) is 2.37. The Labute approximate surface area is 119 Å². The number of benzene rings is 1. The predicted octanol–water partition coefficient (Wildman–Crippen LogP) is 2.32. The second-order valence-corrected chi connectivity index (χ2v) is 5.23. The molecule has 0 aliphatic heterocycles. The van der Waals surface area contributed by atoms with Crippen molar-refractivity contribution in [3.8, 4) is 0 Å². The van der Waals surface area contributed by atoms with E-state index in [9.17, 15) is 4.79 Å². The molecule has 0 radical (unpaired) electrons. The summed E-state index contributed by atoms with van der Waals surface area (Å²) in [5, 5.41) is 0. The van der Waals surface area contributed by atoms with E-state index in [-0.39, 0.29) is 5.56 Å². The lowest BCUT2D eigenvalue weighted by molar-refractivity contribution is 0.874. The highest BCUT2D eigenvalue weighted by Gasteiger charge is 2.11. The van der Waals surface area contributed by atoms with Crippen molar-refractivity contribution in [2.45, 2.75) is 13.5 Å². The van der Waals surface area contributed by atoms with E-state index in [4.69, 9.17) is 0 Å². The van der Waals surface area contributed by atoms with Crippen LogP contribution in [0.15, 0.2) is 35.4 Å². The number of H-pyrrole nitrogens is 1. The van der Waals surface area contributed by atoms with Crippen LogP contribution < -0.4 is 10.5 Å². The van der Waals surface area contributed by atoms with Gasteiger partial charge in [-0.15, -0.1) is 0 Å². The third-order valence-corrected chi connectivity index (χ3v) is 3.78. The number of rotatable bonds is 3. The molecular formula is C13H14IN3O. The molecule has 0 fully saturated rings. The van der Waals surface area contributed by atoms with E-state index >= 15 is 0 Å². The standard InChI is InChI=1S/C13H14IN3O/c1-9-5-3-4-6-10(9)7-17(2)12-11(14)13(18)16-8-15-12/h3-6,8H,7H2,1-2H3,(H,15,16,18). The number of nitrogens with zero attached hydrogens (tertiary/aromatic N) is 2. The van der Waals surface area contributed by atoms with Crippen LogP contribution in [0.5, 0.6) is 0 Å². The van der Waals surface area contributed by atoms with E-state index < -0.39 is 0 Å². The van der Waals surface area contributed by atoms with Crippen molar-refractivity contribution in [1.29, 1.82) is 0 Å². The van der Waals surface area contributed by atoms with Gasteiger partial charge in [-0.2, -0.15) is 0 Å². The van der Waals surface area contributed by atoms with Crippen LogP contribution in [0.1, 0.15) is 11.1 Å². The number of aromatic nitrogens is 2. The highest BCUT2D eigenvalue weighted by atomic mass is 127.